The first-order valence-electron chi connectivity index (χ1n) is 18.9. The molecule has 48 heavy (non-hydrogen) atoms. The minimum Gasteiger partial charge on any atom is -0.462 e. The van der Waals surface area contributed by atoms with Crippen molar-refractivity contribution in [3.63, 3.8) is 0 Å². The second-order valence-electron chi connectivity index (χ2n) is 12.5. The number of ether oxygens (including phenoxy) is 2. The average molecular weight is 697 g/mol. The maximum absolute atomic E-state index is 12.4. The number of carbonyl (C=O) groups excluding carboxylic acids is 2. The second kappa shape index (κ2) is 34.9. The van der Waals surface area contributed by atoms with Crippen LogP contribution in [0.1, 0.15) is 168 Å². The van der Waals surface area contributed by atoms with E-state index in [1.54, 1.807) is 0 Å². The predicted octanol–water partition coefficient (Wildman–Crippen LogP) is 11.2. The largest absolute Gasteiger partial charge is 0.469 e. The Morgan fingerprint density at radius 3 is 1.38 bits per heavy atom. The molecule has 8 nitrogen and oxygen atoms in total. The number of hydrogen-bond donors (Lipinski definition) is 2. The Bertz CT molecular complexity index is 921. The first kappa shape index (κ1) is 46.0. The summed E-state index contributed by atoms with van der Waals surface area (Å²) in [5, 5.41) is 0. The van der Waals surface area contributed by atoms with Crippen LogP contribution in [-0.4, -0.2) is 41.0 Å². The van der Waals surface area contributed by atoms with Crippen molar-refractivity contribution in [2.75, 3.05) is 13.2 Å². The van der Waals surface area contributed by atoms with Crippen LogP contribution in [0.2, 0.25) is 0 Å². The van der Waals surface area contributed by atoms with Crippen LogP contribution in [0.25, 0.3) is 0 Å². The number of hydrogen-bond acceptors (Lipinski definition) is 6. The molecule has 0 aliphatic carbocycles. The van der Waals surface area contributed by atoms with E-state index in [1.807, 2.05) is 0 Å². The van der Waals surface area contributed by atoms with Gasteiger partial charge in [0.05, 0.1) is 6.61 Å². The van der Waals surface area contributed by atoms with Gasteiger partial charge in [-0.25, -0.2) is 4.57 Å². The van der Waals surface area contributed by atoms with E-state index in [4.69, 9.17) is 19.3 Å². The molecule has 0 aromatic rings. The van der Waals surface area contributed by atoms with Crippen molar-refractivity contribution in [1.82, 2.24) is 0 Å². The zero-order chi connectivity index (χ0) is 35.4. The molecule has 0 amide bonds. The third-order valence-electron chi connectivity index (χ3n) is 7.82. The molecule has 0 aromatic heterocycles. The summed E-state index contributed by atoms with van der Waals surface area (Å²) < 4.78 is 26.3. The Morgan fingerprint density at radius 2 is 0.938 bits per heavy atom. The summed E-state index contributed by atoms with van der Waals surface area (Å²) in [7, 11) is -4.76. The van der Waals surface area contributed by atoms with Gasteiger partial charge in [-0.3, -0.25) is 14.1 Å². The normalized spacial score (nSPS) is 13.0. The average Bonchev–Trinajstić information content (AvgIpc) is 3.05. The number of rotatable bonds is 34. The van der Waals surface area contributed by atoms with Crippen LogP contribution in [0, 0.1) is 0 Å². The lowest BCUT2D eigenvalue weighted by Crippen LogP contribution is -2.29. The van der Waals surface area contributed by atoms with Crippen LogP contribution in [0.4, 0.5) is 0 Å². The summed E-state index contributed by atoms with van der Waals surface area (Å²) in [5.41, 5.74) is 0. The zero-order valence-electron chi connectivity index (χ0n) is 30.4. The molecule has 9 heteroatoms. The second-order valence-corrected chi connectivity index (χ2v) is 13.8. The highest BCUT2D eigenvalue weighted by molar-refractivity contribution is 7.46. The quantitative estimate of drug-likeness (QED) is 0.0295. The summed E-state index contributed by atoms with van der Waals surface area (Å²) in [6.07, 6.45) is 41.1. The van der Waals surface area contributed by atoms with E-state index < -0.39 is 32.5 Å². The van der Waals surface area contributed by atoms with E-state index >= 15 is 0 Å². The molecule has 1 atom stereocenters. The Kier molecular flexibility index (Phi) is 33.4. The highest BCUT2D eigenvalue weighted by atomic mass is 31.2. The van der Waals surface area contributed by atoms with E-state index in [0.29, 0.717) is 12.8 Å². The van der Waals surface area contributed by atoms with Gasteiger partial charge in [0.25, 0.3) is 0 Å². The summed E-state index contributed by atoms with van der Waals surface area (Å²) in [5.74, 6) is -0.920. The highest BCUT2D eigenvalue weighted by Gasteiger charge is 2.22. The molecular formula is C39H69O8P. The Balaban J connectivity index is 4.03. The van der Waals surface area contributed by atoms with Crippen molar-refractivity contribution in [3.05, 3.63) is 48.6 Å². The SMILES string of the molecule is CCCCC/C=C\C/C=C\CCCCCCCC(=O)OCC(COP(=O)(O)O)OC(=O)CCCCCCC/C=C\C/C=C\CCCCC. The van der Waals surface area contributed by atoms with Gasteiger partial charge in [0.1, 0.15) is 6.61 Å². The smallest absolute Gasteiger partial charge is 0.462 e. The fraction of sp³-hybridized carbons (Fsp3) is 0.744. The fourth-order valence-electron chi connectivity index (χ4n) is 4.96. The molecule has 0 aliphatic heterocycles. The Hall–Kier alpha value is -1.99. The van der Waals surface area contributed by atoms with Gasteiger partial charge in [0.2, 0.25) is 0 Å². The van der Waals surface area contributed by atoms with Crippen LogP contribution in [-0.2, 0) is 28.2 Å². The molecule has 278 valence electrons. The van der Waals surface area contributed by atoms with Crippen molar-refractivity contribution in [3.8, 4) is 0 Å². The third kappa shape index (κ3) is 36.8. The van der Waals surface area contributed by atoms with E-state index in [2.05, 4.69) is 67.0 Å². The molecule has 0 rings (SSSR count). The summed E-state index contributed by atoms with van der Waals surface area (Å²) in [4.78, 5) is 42.7. The van der Waals surface area contributed by atoms with Crippen molar-refractivity contribution < 1.29 is 37.9 Å². The van der Waals surface area contributed by atoms with Crippen LogP contribution in [0.15, 0.2) is 48.6 Å². The maximum atomic E-state index is 12.4. The van der Waals surface area contributed by atoms with Gasteiger partial charge in [0.15, 0.2) is 6.10 Å². The van der Waals surface area contributed by atoms with Crippen molar-refractivity contribution in [2.45, 2.75) is 174 Å². The van der Waals surface area contributed by atoms with Gasteiger partial charge in [-0.2, -0.15) is 0 Å². The summed E-state index contributed by atoms with van der Waals surface area (Å²) in [6.45, 7) is 3.59. The topological polar surface area (TPSA) is 119 Å². The molecule has 2 N–H and O–H groups in total. The van der Waals surface area contributed by atoms with Crippen LogP contribution in [0.5, 0.6) is 0 Å². The van der Waals surface area contributed by atoms with Gasteiger partial charge in [-0.1, -0.05) is 127 Å². The molecule has 0 saturated heterocycles. The molecule has 0 aliphatic rings. The lowest BCUT2D eigenvalue weighted by molar-refractivity contribution is -0.161. The third-order valence-corrected chi connectivity index (χ3v) is 8.31. The van der Waals surface area contributed by atoms with Crippen molar-refractivity contribution >= 4 is 19.8 Å². The van der Waals surface area contributed by atoms with Gasteiger partial charge in [-0.05, 0) is 77.0 Å². The van der Waals surface area contributed by atoms with E-state index in [1.165, 1.54) is 51.4 Å². The predicted molar refractivity (Wildman–Crippen MR) is 198 cm³/mol. The summed E-state index contributed by atoms with van der Waals surface area (Å²) in [6, 6.07) is 0. The molecular weight excluding hydrogens is 627 g/mol. The standard InChI is InChI=1S/C39H69O8P/c1-3-5-7-9-11-13-15-17-19-21-23-25-27-29-31-33-38(40)45-35-37(36-46-48(42,43)44)47-39(41)34-32-30-28-26-24-22-20-18-16-14-12-10-8-6-4-2/h11-14,17-20,37H,3-10,15-16,21-36H2,1-2H3,(H2,42,43,44)/b13-11-,14-12-,19-17-,20-18-. The molecule has 0 spiro atoms. The minimum atomic E-state index is -4.76. The molecule has 0 radical (unpaired) electrons. The van der Waals surface area contributed by atoms with Crippen molar-refractivity contribution in [2.24, 2.45) is 0 Å². The molecule has 1 unspecified atom stereocenters. The fourth-order valence-corrected chi connectivity index (χ4v) is 5.32. The lowest BCUT2D eigenvalue weighted by Gasteiger charge is -2.18. The minimum absolute atomic E-state index is 0.191. The van der Waals surface area contributed by atoms with E-state index in [0.717, 1.165) is 77.0 Å². The first-order chi connectivity index (χ1) is 23.3. The Morgan fingerprint density at radius 1 is 0.542 bits per heavy atom. The molecule has 0 heterocycles. The highest BCUT2D eigenvalue weighted by Crippen LogP contribution is 2.36. The van der Waals surface area contributed by atoms with Crippen molar-refractivity contribution in [1.29, 1.82) is 0 Å². The van der Waals surface area contributed by atoms with Crippen LogP contribution >= 0.6 is 7.82 Å². The van der Waals surface area contributed by atoms with Crippen LogP contribution < -0.4 is 0 Å². The number of phosphoric acid groups is 1. The number of phosphoric ester groups is 1. The number of esters is 2. The maximum Gasteiger partial charge on any atom is 0.469 e. The zero-order valence-corrected chi connectivity index (χ0v) is 31.3. The van der Waals surface area contributed by atoms with E-state index in [9.17, 15) is 14.2 Å². The number of allylic oxidation sites excluding steroid dienone is 8. The number of carbonyl (C=O) groups is 2. The molecule has 0 saturated carbocycles. The Labute approximate surface area is 293 Å². The van der Waals surface area contributed by atoms with Gasteiger partial charge >= 0.3 is 19.8 Å². The molecule has 0 fully saturated rings. The van der Waals surface area contributed by atoms with Gasteiger partial charge in [0, 0.05) is 12.8 Å². The number of unbranched alkanes of at least 4 members (excludes halogenated alkanes) is 16. The summed E-state index contributed by atoms with van der Waals surface area (Å²) >= 11 is 0. The van der Waals surface area contributed by atoms with Crippen LogP contribution in [0.3, 0.4) is 0 Å². The molecule has 0 bridgehead atoms. The molecule has 0 aromatic carbocycles. The first-order valence-corrected chi connectivity index (χ1v) is 20.5. The van der Waals surface area contributed by atoms with Gasteiger partial charge in [-0.15, -0.1) is 0 Å². The van der Waals surface area contributed by atoms with Gasteiger partial charge < -0.3 is 19.3 Å². The monoisotopic (exact) mass is 696 g/mol. The lowest BCUT2D eigenvalue weighted by atomic mass is 10.1. The van der Waals surface area contributed by atoms with E-state index in [-0.39, 0.29) is 19.4 Å².